The minimum atomic E-state index is -0.156. The molecular formula is C40H31N3O. The first-order valence-electron chi connectivity index (χ1n) is 14.5. The van der Waals surface area contributed by atoms with Crippen molar-refractivity contribution in [2.75, 3.05) is 10.2 Å². The third-order valence-corrected chi connectivity index (χ3v) is 7.09. The molecule has 0 heterocycles. The van der Waals surface area contributed by atoms with E-state index in [9.17, 15) is 4.79 Å². The molecule has 0 fully saturated rings. The second-order valence-electron chi connectivity index (χ2n) is 10.1. The number of rotatable bonds is 8. The Morgan fingerprint density at radius 3 is 1.39 bits per heavy atom. The quantitative estimate of drug-likeness (QED) is 0.113. The number of nitrogens with one attached hydrogen (secondary N) is 1. The summed E-state index contributed by atoms with van der Waals surface area (Å²) in [6, 6.07) is 59.2. The molecule has 0 spiro atoms. The predicted octanol–water partition coefficient (Wildman–Crippen LogP) is 9.42. The first kappa shape index (κ1) is 28.1. The highest BCUT2D eigenvalue weighted by Crippen LogP contribution is 2.36. The molecular weight excluding hydrogens is 538 g/mol. The molecule has 1 N–H and O–H groups in total. The van der Waals surface area contributed by atoms with Gasteiger partial charge in [0, 0.05) is 33.6 Å². The van der Waals surface area contributed by atoms with Crippen molar-refractivity contribution in [1.29, 1.82) is 0 Å². The van der Waals surface area contributed by atoms with E-state index in [1.54, 1.807) is 4.90 Å². The Bertz CT molecular complexity index is 1850. The SMILES string of the molecule is O=C(c1ccccc1)N(/C(=C(\N=C(Nc1ccccc1)c1ccccc1)c1ccccc1)c1ccccc1)c1ccccc1. The van der Waals surface area contributed by atoms with E-state index in [4.69, 9.17) is 4.99 Å². The summed E-state index contributed by atoms with van der Waals surface area (Å²) in [7, 11) is 0. The fourth-order valence-corrected chi connectivity index (χ4v) is 4.98. The molecule has 0 aromatic heterocycles. The molecule has 0 saturated carbocycles. The summed E-state index contributed by atoms with van der Waals surface area (Å²) >= 11 is 0. The van der Waals surface area contributed by atoms with Crippen LogP contribution in [0.4, 0.5) is 11.4 Å². The second kappa shape index (κ2) is 13.8. The fourth-order valence-electron chi connectivity index (χ4n) is 4.98. The highest BCUT2D eigenvalue weighted by molar-refractivity contribution is 6.19. The number of hydrogen-bond donors (Lipinski definition) is 1. The molecule has 44 heavy (non-hydrogen) atoms. The van der Waals surface area contributed by atoms with Crippen molar-refractivity contribution in [2.45, 2.75) is 0 Å². The van der Waals surface area contributed by atoms with Crippen LogP contribution in [0.5, 0.6) is 0 Å². The van der Waals surface area contributed by atoms with Gasteiger partial charge in [-0.25, -0.2) is 4.99 Å². The number of benzene rings is 6. The summed E-state index contributed by atoms with van der Waals surface area (Å²) in [5.41, 5.74) is 6.18. The Hall–Kier alpha value is -6.00. The third-order valence-electron chi connectivity index (χ3n) is 7.09. The normalized spacial score (nSPS) is 11.8. The molecule has 0 radical (unpaired) electrons. The Labute approximate surface area is 258 Å². The second-order valence-corrected chi connectivity index (χ2v) is 10.1. The van der Waals surface area contributed by atoms with Crippen LogP contribution < -0.4 is 10.2 Å². The minimum absolute atomic E-state index is 0.156. The molecule has 4 nitrogen and oxygen atoms in total. The topological polar surface area (TPSA) is 44.7 Å². The molecule has 4 heteroatoms. The molecule has 0 atom stereocenters. The van der Waals surface area contributed by atoms with Gasteiger partial charge in [0.15, 0.2) is 0 Å². The lowest BCUT2D eigenvalue weighted by Gasteiger charge is -2.28. The standard InChI is InChI=1S/C40H31N3O/c44-40(34-25-13-4-14-26-34)43(36-29-17-6-18-30-36)38(32-21-9-2-10-22-32)37(31-19-7-1-8-20-31)42-39(33-23-11-3-12-24-33)41-35-27-15-5-16-28-35/h1-30H,(H,41,42)/b38-37-. The minimum Gasteiger partial charge on any atom is -0.340 e. The maximum absolute atomic E-state index is 14.6. The van der Waals surface area contributed by atoms with Gasteiger partial charge in [-0.15, -0.1) is 0 Å². The Balaban J connectivity index is 1.69. The van der Waals surface area contributed by atoms with E-state index in [2.05, 4.69) is 5.32 Å². The van der Waals surface area contributed by atoms with Gasteiger partial charge in [0.05, 0.1) is 11.4 Å². The number of hydrogen-bond acceptors (Lipinski definition) is 2. The summed E-state index contributed by atoms with van der Waals surface area (Å²) < 4.78 is 0. The van der Waals surface area contributed by atoms with Crippen molar-refractivity contribution in [2.24, 2.45) is 4.99 Å². The van der Waals surface area contributed by atoms with Crippen LogP contribution in [0.25, 0.3) is 11.4 Å². The van der Waals surface area contributed by atoms with E-state index in [1.807, 2.05) is 182 Å². The Kier molecular flexibility index (Phi) is 8.81. The van der Waals surface area contributed by atoms with Gasteiger partial charge in [0.1, 0.15) is 5.84 Å². The molecule has 0 aliphatic heterocycles. The van der Waals surface area contributed by atoms with Crippen LogP contribution in [0, 0.1) is 0 Å². The molecule has 6 aromatic rings. The Morgan fingerprint density at radius 1 is 0.455 bits per heavy atom. The molecule has 0 aliphatic rings. The van der Waals surface area contributed by atoms with Gasteiger partial charge in [-0.2, -0.15) is 0 Å². The molecule has 212 valence electrons. The van der Waals surface area contributed by atoms with Crippen molar-refractivity contribution in [3.8, 4) is 0 Å². The van der Waals surface area contributed by atoms with Gasteiger partial charge in [0.2, 0.25) is 0 Å². The largest absolute Gasteiger partial charge is 0.340 e. The summed E-state index contributed by atoms with van der Waals surface area (Å²) in [6.45, 7) is 0. The van der Waals surface area contributed by atoms with E-state index < -0.39 is 0 Å². The van der Waals surface area contributed by atoms with Crippen LogP contribution in [0.3, 0.4) is 0 Å². The number of carbonyl (C=O) groups excluding carboxylic acids is 1. The molecule has 6 aromatic carbocycles. The van der Waals surface area contributed by atoms with Crippen LogP contribution in [-0.4, -0.2) is 11.7 Å². The first-order chi connectivity index (χ1) is 21.8. The zero-order chi connectivity index (χ0) is 30.0. The lowest BCUT2D eigenvalue weighted by atomic mass is 10.0. The van der Waals surface area contributed by atoms with E-state index in [-0.39, 0.29) is 5.91 Å². The smallest absolute Gasteiger partial charge is 0.262 e. The van der Waals surface area contributed by atoms with Crippen molar-refractivity contribution in [3.63, 3.8) is 0 Å². The monoisotopic (exact) mass is 569 g/mol. The van der Waals surface area contributed by atoms with Crippen LogP contribution in [0.2, 0.25) is 0 Å². The number of nitrogens with zero attached hydrogens (tertiary/aromatic N) is 2. The zero-order valence-electron chi connectivity index (χ0n) is 24.1. The third kappa shape index (κ3) is 6.56. The Morgan fingerprint density at radius 2 is 0.864 bits per heavy atom. The van der Waals surface area contributed by atoms with E-state index in [0.29, 0.717) is 22.8 Å². The molecule has 0 unspecified atom stereocenters. The molecule has 0 bridgehead atoms. The van der Waals surface area contributed by atoms with Crippen molar-refractivity contribution in [3.05, 3.63) is 204 Å². The number of anilines is 2. The van der Waals surface area contributed by atoms with E-state index >= 15 is 0 Å². The molecule has 1 amide bonds. The van der Waals surface area contributed by atoms with Gasteiger partial charge in [-0.1, -0.05) is 146 Å². The van der Waals surface area contributed by atoms with Crippen LogP contribution >= 0.6 is 0 Å². The van der Waals surface area contributed by atoms with Crippen LogP contribution in [-0.2, 0) is 0 Å². The first-order valence-corrected chi connectivity index (χ1v) is 14.5. The van der Waals surface area contributed by atoms with Crippen molar-refractivity contribution in [1.82, 2.24) is 0 Å². The highest BCUT2D eigenvalue weighted by atomic mass is 16.2. The lowest BCUT2D eigenvalue weighted by Crippen LogP contribution is -2.30. The number of para-hydroxylation sites is 2. The van der Waals surface area contributed by atoms with Crippen molar-refractivity contribution >= 4 is 34.5 Å². The van der Waals surface area contributed by atoms with E-state index in [0.717, 1.165) is 28.1 Å². The maximum Gasteiger partial charge on any atom is 0.262 e. The number of carbonyl (C=O) groups is 1. The molecule has 0 aliphatic carbocycles. The van der Waals surface area contributed by atoms with E-state index in [1.165, 1.54) is 0 Å². The lowest BCUT2D eigenvalue weighted by molar-refractivity contribution is 0.1000. The van der Waals surface area contributed by atoms with Gasteiger partial charge in [-0.05, 0) is 36.4 Å². The number of amidine groups is 1. The molecule has 6 rings (SSSR count). The summed E-state index contributed by atoms with van der Waals surface area (Å²) in [5, 5.41) is 3.55. The van der Waals surface area contributed by atoms with Crippen molar-refractivity contribution < 1.29 is 4.79 Å². The predicted molar refractivity (Wildman–Crippen MR) is 182 cm³/mol. The van der Waals surface area contributed by atoms with Crippen LogP contribution in [0.15, 0.2) is 187 Å². The van der Waals surface area contributed by atoms with Crippen LogP contribution in [0.1, 0.15) is 27.0 Å². The highest BCUT2D eigenvalue weighted by Gasteiger charge is 2.27. The number of amides is 1. The summed E-state index contributed by atoms with van der Waals surface area (Å²) in [4.78, 5) is 21.8. The zero-order valence-corrected chi connectivity index (χ0v) is 24.1. The summed E-state index contributed by atoms with van der Waals surface area (Å²) in [5.74, 6) is 0.501. The maximum atomic E-state index is 14.6. The van der Waals surface area contributed by atoms with Gasteiger partial charge < -0.3 is 5.32 Å². The van der Waals surface area contributed by atoms with Gasteiger partial charge in [-0.3, -0.25) is 9.69 Å². The number of aliphatic imine (C=N–C) groups is 1. The van der Waals surface area contributed by atoms with Gasteiger partial charge >= 0.3 is 0 Å². The van der Waals surface area contributed by atoms with Gasteiger partial charge in [0.25, 0.3) is 5.91 Å². The average Bonchev–Trinajstić information content (AvgIpc) is 3.11. The average molecular weight is 570 g/mol. The fraction of sp³-hybridized carbons (Fsp3) is 0. The molecule has 0 saturated heterocycles. The summed E-state index contributed by atoms with van der Waals surface area (Å²) in [6.07, 6.45) is 0.